The standard InChI is InChI=1S/C16H14N2O2/c17-12-5-3-4-11(10-12)8-9-18-15(19)13-6-1-2-7-14(13)16(18)20/h1-7,10H,8-9,17H2. The first-order chi connectivity index (χ1) is 9.66. The Morgan fingerprint density at radius 2 is 1.55 bits per heavy atom. The van der Waals surface area contributed by atoms with Crippen LogP contribution in [0.5, 0.6) is 0 Å². The van der Waals surface area contributed by atoms with Crippen LogP contribution in [0.15, 0.2) is 48.5 Å². The number of carbonyl (C=O) groups is 2. The largest absolute Gasteiger partial charge is 0.399 e. The number of rotatable bonds is 3. The molecule has 0 radical (unpaired) electrons. The van der Waals surface area contributed by atoms with Gasteiger partial charge in [-0.2, -0.15) is 0 Å². The van der Waals surface area contributed by atoms with E-state index in [4.69, 9.17) is 5.73 Å². The third-order valence-corrected chi connectivity index (χ3v) is 3.45. The molecule has 2 aromatic carbocycles. The number of benzene rings is 2. The van der Waals surface area contributed by atoms with Gasteiger partial charge in [-0.25, -0.2) is 0 Å². The van der Waals surface area contributed by atoms with Crippen molar-refractivity contribution < 1.29 is 9.59 Å². The quantitative estimate of drug-likeness (QED) is 0.683. The van der Waals surface area contributed by atoms with Gasteiger partial charge in [0.25, 0.3) is 11.8 Å². The van der Waals surface area contributed by atoms with E-state index in [0.717, 1.165) is 5.56 Å². The van der Waals surface area contributed by atoms with Gasteiger partial charge in [-0.1, -0.05) is 24.3 Å². The molecule has 0 unspecified atom stereocenters. The van der Waals surface area contributed by atoms with Gasteiger partial charge in [0.2, 0.25) is 0 Å². The molecule has 0 spiro atoms. The molecular formula is C16H14N2O2. The second kappa shape index (κ2) is 4.81. The topological polar surface area (TPSA) is 63.4 Å². The Hall–Kier alpha value is -2.62. The minimum atomic E-state index is -0.213. The summed E-state index contributed by atoms with van der Waals surface area (Å²) in [6.45, 7) is 0.371. The molecule has 0 fully saturated rings. The zero-order chi connectivity index (χ0) is 14.1. The van der Waals surface area contributed by atoms with Crippen molar-refractivity contribution >= 4 is 17.5 Å². The molecular weight excluding hydrogens is 252 g/mol. The number of imide groups is 1. The number of fused-ring (bicyclic) bond motifs is 1. The molecule has 0 bridgehead atoms. The van der Waals surface area contributed by atoms with Crippen molar-refractivity contribution in [3.63, 3.8) is 0 Å². The lowest BCUT2D eigenvalue weighted by Gasteiger charge is -2.13. The highest BCUT2D eigenvalue weighted by Crippen LogP contribution is 2.22. The van der Waals surface area contributed by atoms with Gasteiger partial charge in [0.1, 0.15) is 0 Å². The van der Waals surface area contributed by atoms with E-state index in [-0.39, 0.29) is 11.8 Å². The highest BCUT2D eigenvalue weighted by Gasteiger charge is 2.34. The lowest BCUT2D eigenvalue weighted by atomic mass is 10.1. The molecule has 100 valence electrons. The van der Waals surface area contributed by atoms with Crippen LogP contribution in [0.1, 0.15) is 26.3 Å². The van der Waals surface area contributed by atoms with E-state index in [1.165, 1.54) is 4.90 Å². The van der Waals surface area contributed by atoms with Gasteiger partial charge in [-0.05, 0) is 36.2 Å². The van der Waals surface area contributed by atoms with Crippen LogP contribution in [-0.2, 0) is 6.42 Å². The normalized spacial score (nSPS) is 13.7. The van der Waals surface area contributed by atoms with Gasteiger partial charge in [-0.3, -0.25) is 14.5 Å². The van der Waals surface area contributed by atoms with Gasteiger partial charge in [0, 0.05) is 12.2 Å². The fourth-order valence-corrected chi connectivity index (χ4v) is 2.43. The number of anilines is 1. The minimum absolute atomic E-state index is 0.213. The Kier molecular flexibility index (Phi) is 2.99. The number of carbonyl (C=O) groups excluding carboxylic acids is 2. The van der Waals surface area contributed by atoms with Gasteiger partial charge >= 0.3 is 0 Å². The van der Waals surface area contributed by atoms with Crippen molar-refractivity contribution in [2.75, 3.05) is 12.3 Å². The molecule has 0 aliphatic carbocycles. The number of hydrogen-bond acceptors (Lipinski definition) is 3. The third-order valence-electron chi connectivity index (χ3n) is 3.45. The molecule has 0 saturated heterocycles. The summed E-state index contributed by atoms with van der Waals surface area (Å²) in [5, 5.41) is 0. The average Bonchev–Trinajstić information content (AvgIpc) is 2.70. The van der Waals surface area contributed by atoms with E-state index in [1.54, 1.807) is 24.3 Å². The maximum Gasteiger partial charge on any atom is 0.261 e. The van der Waals surface area contributed by atoms with Crippen LogP contribution in [0.3, 0.4) is 0 Å². The Morgan fingerprint density at radius 1 is 0.900 bits per heavy atom. The van der Waals surface area contributed by atoms with Crippen LogP contribution in [0.2, 0.25) is 0 Å². The summed E-state index contributed by atoms with van der Waals surface area (Å²) in [5.74, 6) is -0.427. The van der Waals surface area contributed by atoms with Gasteiger partial charge < -0.3 is 5.73 Å². The lowest BCUT2D eigenvalue weighted by molar-refractivity contribution is 0.0656. The molecule has 1 aliphatic heterocycles. The van der Waals surface area contributed by atoms with Crippen LogP contribution < -0.4 is 5.73 Å². The Labute approximate surface area is 116 Å². The SMILES string of the molecule is Nc1cccc(CCN2C(=O)c3ccccc3C2=O)c1. The first-order valence-corrected chi connectivity index (χ1v) is 6.46. The highest BCUT2D eigenvalue weighted by molar-refractivity contribution is 6.21. The fraction of sp³-hybridized carbons (Fsp3) is 0.125. The monoisotopic (exact) mass is 266 g/mol. The molecule has 2 aromatic rings. The van der Waals surface area contributed by atoms with E-state index in [1.807, 2.05) is 24.3 Å². The molecule has 4 nitrogen and oxygen atoms in total. The molecule has 20 heavy (non-hydrogen) atoms. The van der Waals surface area contributed by atoms with Crippen LogP contribution in [0.4, 0.5) is 5.69 Å². The van der Waals surface area contributed by atoms with Gasteiger partial charge in [0.05, 0.1) is 11.1 Å². The number of nitrogens with two attached hydrogens (primary N) is 1. The van der Waals surface area contributed by atoms with Crippen molar-refractivity contribution in [2.45, 2.75) is 6.42 Å². The smallest absolute Gasteiger partial charge is 0.261 e. The van der Waals surface area contributed by atoms with Gasteiger partial charge in [0.15, 0.2) is 0 Å². The van der Waals surface area contributed by atoms with E-state index in [9.17, 15) is 9.59 Å². The van der Waals surface area contributed by atoms with Crippen molar-refractivity contribution in [3.8, 4) is 0 Å². The number of nitrogens with zero attached hydrogens (tertiary/aromatic N) is 1. The second-order valence-corrected chi connectivity index (χ2v) is 4.80. The lowest BCUT2D eigenvalue weighted by Crippen LogP contribution is -2.31. The average molecular weight is 266 g/mol. The molecule has 3 rings (SSSR count). The molecule has 0 aromatic heterocycles. The maximum atomic E-state index is 12.2. The van der Waals surface area contributed by atoms with Crippen LogP contribution in [0, 0.1) is 0 Å². The van der Waals surface area contributed by atoms with Crippen LogP contribution >= 0.6 is 0 Å². The van der Waals surface area contributed by atoms with E-state index < -0.39 is 0 Å². The Balaban J connectivity index is 1.77. The van der Waals surface area contributed by atoms with E-state index in [2.05, 4.69) is 0 Å². The first-order valence-electron chi connectivity index (χ1n) is 6.46. The van der Waals surface area contributed by atoms with E-state index in [0.29, 0.717) is 29.8 Å². The van der Waals surface area contributed by atoms with Crippen molar-refractivity contribution in [1.29, 1.82) is 0 Å². The zero-order valence-electron chi connectivity index (χ0n) is 10.9. The number of nitrogen functional groups attached to an aromatic ring is 1. The maximum absolute atomic E-state index is 12.2. The van der Waals surface area contributed by atoms with Crippen molar-refractivity contribution in [2.24, 2.45) is 0 Å². The molecule has 1 heterocycles. The summed E-state index contributed by atoms with van der Waals surface area (Å²) in [7, 11) is 0. The van der Waals surface area contributed by atoms with Crippen LogP contribution in [-0.4, -0.2) is 23.3 Å². The Bertz CT molecular complexity index is 659. The fourth-order valence-electron chi connectivity index (χ4n) is 2.43. The predicted molar refractivity (Wildman–Crippen MR) is 76.4 cm³/mol. The zero-order valence-corrected chi connectivity index (χ0v) is 10.9. The molecule has 0 atom stereocenters. The van der Waals surface area contributed by atoms with E-state index >= 15 is 0 Å². The summed E-state index contributed by atoms with van der Waals surface area (Å²) >= 11 is 0. The second-order valence-electron chi connectivity index (χ2n) is 4.80. The summed E-state index contributed by atoms with van der Waals surface area (Å²) in [4.78, 5) is 25.7. The number of amides is 2. The van der Waals surface area contributed by atoms with Crippen molar-refractivity contribution in [1.82, 2.24) is 4.90 Å². The van der Waals surface area contributed by atoms with Gasteiger partial charge in [-0.15, -0.1) is 0 Å². The highest BCUT2D eigenvalue weighted by atomic mass is 16.2. The summed E-state index contributed by atoms with van der Waals surface area (Å²) in [6.07, 6.45) is 0.608. The van der Waals surface area contributed by atoms with Crippen molar-refractivity contribution in [3.05, 3.63) is 65.2 Å². The summed E-state index contributed by atoms with van der Waals surface area (Å²) < 4.78 is 0. The minimum Gasteiger partial charge on any atom is -0.399 e. The molecule has 2 amide bonds. The van der Waals surface area contributed by atoms with Crippen LogP contribution in [0.25, 0.3) is 0 Å². The third kappa shape index (κ3) is 2.05. The molecule has 2 N–H and O–H groups in total. The molecule has 0 saturated carbocycles. The summed E-state index contributed by atoms with van der Waals surface area (Å²) in [6, 6.07) is 14.4. The Morgan fingerprint density at radius 3 is 2.15 bits per heavy atom. The summed E-state index contributed by atoms with van der Waals surface area (Å²) in [5.41, 5.74) is 8.40. The molecule has 4 heteroatoms. The molecule has 1 aliphatic rings. The predicted octanol–water partition coefficient (Wildman–Crippen LogP) is 2.11. The number of hydrogen-bond donors (Lipinski definition) is 1. The first kappa shape index (κ1) is 12.4.